The molecule has 0 unspecified atom stereocenters. The molecule has 2 rings (SSSR count). The molecule has 0 aliphatic carbocycles. The first-order chi connectivity index (χ1) is 11.4. The smallest absolute Gasteiger partial charge is 0.216 e. The lowest BCUT2D eigenvalue weighted by Crippen LogP contribution is -2.29. The first-order valence-electron chi connectivity index (χ1n) is 8.05. The van der Waals surface area contributed by atoms with Crippen LogP contribution in [0.3, 0.4) is 0 Å². The van der Waals surface area contributed by atoms with Crippen LogP contribution in [0.25, 0.3) is 0 Å². The normalized spacial score (nSPS) is 12.8. The topological polar surface area (TPSA) is 55.4 Å². The van der Waals surface area contributed by atoms with Gasteiger partial charge in [-0.3, -0.25) is 0 Å². The summed E-state index contributed by atoms with van der Waals surface area (Å²) < 4.78 is 33.2. The second-order valence-corrected chi connectivity index (χ2v) is 7.75. The highest BCUT2D eigenvalue weighted by Crippen LogP contribution is 2.25. The molecule has 1 N–H and O–H groups in total. The maximum Gasteiger partial charge on any atom is 0.216 e. The average molecular weight is 347 g/mol. The van der Waals surface area contributed by atoms with Crippen LogP contribution in [0.5, 0.6) is 5.75 Å². The molecule has 24 heavy (non-hydrogen) atoms. The van der Waals surface area contributed by atoms with Gasteiger partial charge < -0.3 is 4.74 Å². The maximum absolute atomic E-state index is 12.6. The molecule has 5 heteroatoms. The van der Waals surface area contributed by atoms with Gasteiger partial charge in [0.2, 0.25) is 10.0 Å². The number of ether oxygens (including phenoxy) is 1. The average Bonchev–Trinajstić information content (AvgIpc) is 2.54. The molecule has 0 amide bonds. The highest BCUT2D eigenvalue weighted by Gasteiger charge is 2.20. The molecule has 0 saturated carbocycles. The van der Waals surface area contributed by atoms with Crippen molar-refractivity contribution in [2.24, 2.45) is 0 Å². The molecule has 0 bridgehead atoms. The van der Waals surface area contributed by atoms with Crippen molar-refractivity contribution in [1.82, 2.24) is 4.72 Å². The molecule has 0 spiro atoms. The van der Waals surface area contributed by atoms with Crippen molar-refractivity contribution < 1.29 is 13.2 Å². The standard InChI is InChI=1S/C19H25NO3S/c1-5-18(16-10-11-19(23-4)15(3)12-16)20-24(21,22)13-17-9-7-6-8-14(17)2/h6-12,18,20H,5,13H2,1-4H3/t18-/m0/s1. The van der Waals surface area contributed by atoms with E-state index in [9.17, 15) is 8.42 Å². The lowest BCUT2D eigenvalue weighted by molar-refractivity contribution is 0.411. The number of hydrogen-bond donors (Lipinski definition) is 1. The van der Waals surface area contributed by atoms with Crippen LogP contribution in [0.2, 0.25) is 0 Å². The number of rotatable bonds is 7. The molecule has 0 saturated heterocycles. The van der Waals surface area contributed by atoms with Crippen LogP contribution in [0.15, 0.2) is 42.5 Å². The highest BCUT2D eigenvalue weighted by molar-refractivity contribution is 7.88. The molecule has 0 aliphatic rings. The van der Waals surface area contributed by atoms with Crippen LogP contribution in [0, 0.1) is 13.8 Å². The van der Waals surface area contributed by atoms with Crippen molar-refractivity contribution in [1.29, 1.82) is 0 Å². The molecule has 0 heterocycles. The van der Waals surface area contributed by atoms with Gasteiger partial charge in [0.05, 0.1) is 12.9 Å². The second-order valence-electron chi connectivity index (χ2n) is 5.99. The fourth-order valence-electron chi connectivity index (χ4n) is 2.74. The van der Waals surface area contributed by atoms with Gasteiger partial charge in [0.15, 0.2) is 0 Å². The van der Waals surface area contributed by atoms with Gasteiger partial charge in [-0.15, -0.1) is 0 Å². The molecule has 1 atom stereocenters. The monoisotopic (exact) mass is 347 g/mol. The minimum Gasteiger partial charge on any atom is -0.496 e. The Labute approximate surface area is 144 Å². The molecular weight excluding hydrogens is 322 g/mol. The van der Waals surface area contributed by atoms with E-state index < -0.39 is 10.0 Å². The molecule has 0 fully saturated rings. The molecule has 2 aromatic carbocycles. The Bertz CT molecular complexity index is 800. The Kier molecular flexibility index (Phi) is 6.02. The number of nitrogens with one attached hydrogen (secondary N) is 1. The lowest BCUT2D eigenvalue weighted by Gasteiger charge is -2.19. The van der Waals surface area contributed by atoms with Gasteiger partial charge in [0, 0.05) is 6.04 Å². The van der Waals surface area contributed by atoms with Gasteiger partial charge in [-0.2, -0.15) is 0 Å². The molecular formula is C19H25NO3S. The summed E-state index contributed by atoms with van der Waals surface area (Å²) in [5.74, 6) is 0.794. The zero-order valence-corrected chi connectivity index (χ0v) is 15.5. The molecule has 4 nitrogen and oxygen atoms in total. The third-order valence-corrected chi connectivity index (χ3v) is 5.49. The zero-order chi connectivity index (χ0) is 17.7. The van der Waals surface area contributed by atoms with Crippen molar-refractivity contribution in [3.8, 4) is 5.75 Å². The summed E-state index contributed by atoms with van der Waals surface area (Å²) in [4.78, 5) is 0. The van der Waals surface area contributed by atoms with E-state index >= 15 is 0 Å². The Morgan fingerprint density at radius 1 is 1.08 bits per heavy atom. The summed E-state index contributed by atoms with van der Waals surface area (Å²) in [6.45, 7) is 5.85. The second kappa shape index (κ2) is 7.81. The predicted molar refractivity (Wildman–Crippen MR) is 97.7 cm³/mol. The van der Waals surface area contributed by atoms with Crippen LogP contribution in [-0.4, -0.2) is 15.5 Å². The number of sulfonamides is 1. The van der Waals surface area contributed by atoms with Crippen LogP contribution in [0.1, 0.15) is 41.6 Å². The number of hydrogen-bond acceptors (Lipinski definition) is 3. The van der Waals surface area contributed by atoms with Crippen LogP contribution < -0.4 is 9.46 Å². The summed E-state index contributed by atoms with van der Waals surface area (Å²) in [5.41, 5.74) is 3.75. The maximum atomic E-state index is 12.6. The number of aryl methyl sites for hydroxylation is 2. The van der Waals surface area contributed by atoms with Crippen molar-refractivity contribution in [3.05, 3.63) is 64.7 Å². The quantitative estimate of drug-likeness (QED) is 0.827. The Balaban J connectivity index is 2.20. The number of methoxy groups -OCH3 is 1. The van der Waals surface area contributed by atoms with E-state index in [1.807, 2.05) is 63.2 Å². The van der Waals surface area contributed by atoms with E-state index in [1.54, 1.807) is 7.11 Å². The fourth-order valence-corrected chi connectivity index (χ4v) is 4.29. The highest BCUT2D eigenvalue weighted by atomic mass is 32.2. The van der Waals surface area contributed by atoms with Crippen LogP contribution >= 0.6 is 0 Å². The summed E-state index contributed by atoms with van der Waals surface area (Å²) in [5, 5.41) is 0. The van der Waals surface area contributed by atoms with Gasteiger partial charge >= 0.3 is 0 Å². The molecule has 0 aromatic heterocycles. The third kappa shape index (κ3) is 4.58. The van der Waals surface area contributed by atoms with E-state index in [4.69, 9.17) is 4.74 Å². The van der Waals surface area contributed by atoms with E-state index in [1.165, 1.54) is 0 Å². The zero-order valence-electron chi connectivity index (χ0n) is 14.7. The Morgan fingerprint density at radius 3 is 2.38 bits per heavy atom. The van der Waals surface area contributed by atoms with Gasteiger partial charge in [0.1, 0.15) is 5.75 Å². The summed E-state index contributed by atoms with van der Waals surface area (Å²) in [6.07, 6.45) is 0.679. The first kappa shape index (κ1) is 18.5. The Hall–Kier alpha value is -1.85. The fraction of sp³-hybridized carbons (Fsp3) is 0.368. The van der Waals surface area contributed by atoms with Crippen molar-refractivity contribution in [2.45, 2.75) is 39.0 Å². The van der Waals surface area contributed by atoms with Crippen molar-refractivity contribution in [3.63, 3.8) is 0 Å². The van der Waals surface area contributed by atoms with E-state index in [0.29, 0.717) is 6.42 Å². The molecule has 2 aromatic rings. The predicted octanol–water partition coefficient (Wildman–Crippen LogP) is 3.88. The summed E-state index contributed by atoms with van der Waals surface area (Å²) in [6, 6.07) is 13.1. The minimum atomic E-state index is -3.43. The summed E-state index contributed by atoms with van der Waals surface area (Å²) >= 11 is 0. The van der Waals surface area contributed by atoms with E-state index in [0.717, 1.165) is 28.0 Å². The van der Waals surface area contributed by atoms with Gasteiger partial charge in [-0.1, -0.05) is 43.3 Å². The summed E-state index contributed by atoms with van der Waals surface area (Å²) in [7, 11) is -1.80. The van der Waals surface area contributed by atoms with Crippen molar-refractivity contribution in [2.75, 3.05) is 7.11 Å². The molecule has 0 radical (unpaired) electrons. The number of benzene rings is 2. The third-order valence-electron chi connectivity index (χ3n) is 4.16. The SMILES string of the molecule is CC[C@H](NS(=O)(=O)Cc1ccccc1C)c1ccc(OC)c(C)c1. The molecule has 0 aliphatic heterocycles. The lowest BCUT2D eigenvalue weighted by atomic mass is 10.0. The van der Waals surface area contributed by atoms with Gasteiger partial charge in [-0.05, 0) is 48.6 Å². The van der Waals surface area contributed by atoms with Gasteiger partial charge in [-0.25, -0.2) is 13.1 Å². The largest absolute Gasteiger partial charge is 0.496 e. The first-order valence-corrected chi connectivity index (χ1v) is 9.70. The van der Waals surface area contributed by atoms with Crippen molar-refractivity contribution >= 4 is 10.0 Å². The van der Waals surface area contributed by atoms with Crippen LogP contribution in [0.4, 0.5) is 0 Å². The van der Waals surface area contributed by atoms with E-state index in [-0.39, 0.29) is 11.8 Å². The minimum absolute atomic E-state index is 0.00862. The van der Waals surface area contributed by atoms with E-state index in [2.05, 4.69) is 4.72 Å². The molecule has 130 valence electrons. The Morgan fingerprint density at radius 2 is 1.79 bits per heavy atom. The van der Waals surface area contributed by atoms with Gasteiger partial charge in [0.25, 0.3) is 0 Å². The van der Waals surface area contributed by atoms with Crippen LogP contribution in [-0.2, 0) is 15.8 Å².